The van der Waals surface area contributed by atoms with E-state index in [1.54, 1.807) is 25.7 Å². The largest absolute Gasteiger partial charge is 0.444 e. The smallest absolute Gasteiger partial charge is 0.408 e. The Bertz CT molecular complexity index is 1040. The van der Waals surface area contributed by atoms with E-state index >= 15 is 0 Å². The fourth-order valence-corrected chi connectivity index (χ4v) is 4.43. The molecule has 7 nitrogen and oxygen atoms in total. The molecule has 38 heavy (non-hydrogen) atoms. The van der Waals surface area contributed by atoms with Crippen molar-refractivity contribution in [2.45, 2.75) is 91.8 Å². The molecule has 0 bridgehead atoms. The molecule has 0 radical (unpaired) electrons. The van der Waals surface area contributed by atoms with E-state index < -0.39 is 23.8 Å². The van der Waals surface area contributed by atoms with Crippen LogP contribution in [0.2, 0.25) is 0 Å². The molecule has 0 fully saturated rings. The summed E-state index contributed by atoms with van der Waals surface area (Å²) >= 11 is 0. The number of nitrogens with zero attached hydrogens (tertiary/aromatic N) is 1. The summed E-state index contributed by atoms with van der Waals surface area (Å²) in [5.74, 6) is -0.544. The van der Waals surface area contributed by atoms with Gasteiger partial charge in [-0.3, -0.25) is 9.59 Å². The lowest BCUT2D eigenvalue weighted by atomic mass is 9.97. The summed E-state index contributed by atoms with van der Waals surface area (Å²) in [5, 5.41) is 5.83. The van der Waals surface area contributed by atoms with Crippen molar-refractivity contribution >= 4 is 17.9 Å². The highest BCUT2D eigenvalue weighted by Crippen LogP contribution is 2.26. The highest BCUT2D eigenvalue weighted by atomic mass is 16.6. The van der Waals surface area contributed by atoms with E-state index in [1.807, 2.05) is 69.3 Å². The van der Waals surface area contributed by atoms with Crippen molar-refractivity contribution in [1.82, 2.24) is 15.5 Å². The van der Waals surface area contributed by atoms with Gasteiger partial charge in [-0.2, -0.15) is 0 Å². The molecule has 2 atom stereocenters. The maximum Gasteiger partial charge on any atom is 0.408 e. The summed E-state index contributed by atoms with van der Waals surface area (Å²) in [7, 11) is 0. The van der Waals surface area contributed by atoms with Crippen LogP contribution in [-0.2, 0) is 20.7 Å². The van der Waals surface area contributed by atoms with Crippen LogP contribution < -0.4 is 10.6 Å². The Labute approximate surface area is 228 Å². The zero-order valence-electron chi connectivity index (χ0n) is 24.1. The van der Waals surface area contributed by atoms with Crippen LogP contribution in [0.1, 0.15) is 82.2 Å². The van der Waals surface area contributed by atoms with Crippen LogP contribution in [0.3, 0.4) is 0 Å². The first kappa shape index (κ1) is 30.9. The molecule has 0 aliphatic carbocycles. The van der Waals surface area contributed by atoms with Gasteiger partial charge in [0.15, 0.2) is 0 Å². The molecule has 2 unspecified atom stereocenters. The Kier molecular flexibility index (Phi) is 11.8. The Morgan fingerprint density at radius 2 is 1.58 bits per heavy atom. The molecule has 2 rings (SSSR count). The fourth-order valence-electron chi connectivity index (χ4n) is 4.43. The Morgan fingerprint density at radius 1 is 0.947 bits per heavy atom. The van der Waals surface area contributed by atoms with Gasteiger partial charge in [0.2, 0.25) is 11.8 Å². The molecule has 0 aliphatic rings. The van der Waals surface area contributed by atoms with Gasteiger partial charge in [-0.25, -0.2) is 4.79 Å². The standard InChI is InChI=1S/C31H45N3O4/c1-8-10-16-32-28(35)27(25-19-22(3)18-23(4)20-25)34(17-9-2)29(36)26(21-24-14-12-11-13-15-24)33-30(37)38-31(5,6)7/h11-15,18-20,26-27H,8-10,16-17,21H2,1-7H3,(H,32,35)(H,33,37). The highest BCUT2D eigenvalue weighted by Gasteiger charge is 2.36. The number of amides is 3. The summed E-state index contributed by atoms with van der Waals surface area (Å²) in [6.07, 6.45) is 2.06. The average molecular weight is 524 g/mol. The van der Waals surface area contributed by atoms with Crippen molar-refractivity contribution in [2.24, 2.45) is 0 Å². The predicted octanol–water partition coefficient (Wildman–Crippen LogP) is 5.64. The van der Waals surface area contributed by atoms with Gasteiger partial charge < -0.3 is 20.3 Å². The van der Waals surface area contributed by atoms with Crippen LogP contribution in [0.15, 0.2) is 48.5 Å². The van der Waals surface area contributed by atoms with Gasteiger partial charge in [0, 0.05) is 19.5 Å². The molecule has 208 valence electrons. The normalized spacial score (nSPS) is 12.8. The Morgan fingerprint density at radius 3 is 2.13 bits per heavy atom. The summed E-state index contributed by atoms with van der Waals surface area (Å²) in [5.41, 5.74) is 2.97. The number of aryl methyl sites for hydroxylation is 2. The third kappa shape index (κ3) is 9.84. The summed E-state index contributed by atoms with van der Waals surface area (Å²) in [6, 6.07) is 13.8. The number of alkyl carbamates (subject to hydrolysis) is 1. The summed E-state index contributed by atoms with van der Waals surface area (Å²) < 4.78 is 5.49. The van der Waals surface area contributed by atoms with E-state index in [0.29, 0.717) is 19.5 Å². The molecule has 2 aromatic rings. The number of unbranched alkanes of at least 4 members (excludes halogenated alkanes) is 1. The van der Waals surface area contributed by atoms with Gasteiger partial charge in [-0.15, -0.1) is 0 Å². The minimum Gasteiger partial charge on any atom is -0.444 e. The molecular formula is C31H45N3O4. The van der Waals surface area contributed by atoms with Crippen LogP contribution >= 0.6 is 0 Å². The molecular weight excluding hydrogens is 478 g/mol. The van der Waals surface area contributed by atoms with Gasteiger partial charge in [0.05, 0.1) is 0 Å². The number of nitrogens with one attached hydrogen (secondary N) is 2. The molecule has 0 saturated heterocycles. The van der Waals surface area contributed by atoms with E-state index in [1.165, 1.54) is 0 Å². The summed E-state index contributed by atoms with van der Waals surface area (Å²) in [4.78, 5) is 42.3. The molecule has 0 aromatic heterocycles. The van der Waals surface area contributed by atoms with Gasteiger partial charge >= 0.3 is 6.09 Å². The van der Waals surface area contributed by atoms with E-state index in [0.717, 1.165) is 35.1 Å². The first-order chi connectivity index (χ1) is 17.9. The molecule has 0 spiro atoms. The van der Waals surface area contributed by atoms with Gasteiger partial charge in [-0.1, -0.05) is 79.9 Å². The topological polar surface area (TPSA) is 87.7 Å². The number of hydrogen-bond acceptors (Lipinski definition) is 4. The van der Waals surface area contributed by atoms with Crippen LogP contribution in [0.25, 0.3) is 0 Å². The molecule has 7 heteroatoms. The number of rotatable bonds is 12. The second-order valence-corrected chi connectivity index (χ2v) is 10.9. The van der Waals surface area contributed by atoms with Crippen molar-refractivity contribution < 1.29 is 19.1 Å². The van der Waals surface area contributed by atoms with Crippen molar-refractivity contribution in [1.29, 1.82) is 0 Å². The lowest BCUT2D eigenvalue weighted by molar-refractivity contribution is -0.142. The lowest BCUT2D eigenvalue weighted by Crippen LogP contribution is -2.54. The van der Waals surface area contributed by atoms with Gasteiger partial charge in [-0.05, 0) is 58.6 Å². The lowest BCUT2D eigenvalue weighted by Gasteiger charge is -2.34. The van der Waals surface area contributed by atoms with Crippen LogP contribution in [0.5, 0.6) is 0 Å². The van der Waals surface area contributed by atoms with Crippen LogP contribution in [-0.4, -0.2) is 47.5 Å². The molecule has 2 aromatic carbocycles. The second-order valence-electron chi connectivity index (χ2n) is 10.9. The molecule has 0 saturated carbocycles. The van der Waals surface area contributed by atoms with E-state index in [4.69, 9.17) is 4.74 Å². The van der Waals surface area contributed by atoms with Gasteiger partial charge in [0.25, 0.3) is 0 Å². The maximum absolute atomic E-state index is 14.2. The van der Waals surface area contributed by atoms with Crippen molar-refractivity contribution in [3.63, 3.8) is 0 Å². The molecule has 3 amide bonds. The minimum absolute atomic E-state index is 0.221. The first-order valence-corrected chi connectivity index (χ1v) is 13.6. The average Bonchev–Trinajstić information content (AvgIpc) is 2.82. The second kappa shape index (κ2) is 14.6. The minimum atomic E-state index is -0.907. The molecule has 2 N–H and O–H groups in total. The van der Waals surface area contributed by atoms with Crippen LogP contribution in [0.4, 0.5) is 4.79 Å². The van der Waals surface area contributed by atoms with E-state index in [-0.39, 0.29) is 18.2 Å². The monoisotopic (exact) mass is 523 g/mol. The predicted molar refractivity (Wildman–Crippen MR) is 152 cm³/mol. The number of ether oxygens (including phenoxy) is 1. The zero-order chi connectivity index (χ0) is 28.3. The third-order valence-electron chi connectivity index (χ3n) is 5.97. The van der Waals surface area contributed by atoms with Crippen molar-refractivity contribution in [3.05, 3.63) is 70.8 Å². The molecule has 0 aliphatic heterocycles. The SMILES string of the molecule is CCCCNC(=O)C(c1cc(C)cc(C)c1)N(CCC)C(=O)C(Cc1ccccc1)NC(=O)OC(C)(C)C. The zero-order valence-corrected chi connectivity index (χ0v) is 24.1. The van der Waals surface area contributed by atoms with Crippen molar-refractivity contribution in [3.8, 4) is 0 Å². The number of hydrogen-bond donors (Lipinski definition) is 2. The number of carbonyl (C=O) groups is 3. The number of carbonyl (C=O) groups excluding carboxylic acids is 3. The number of benzene rings is 2. The van der Waals surface area contributed by atoms with Gasteiger partial charge in [0.1, 0.15) is 17.7 Å². The quantitative estimate of drug-likeness (QED) is 0.353. The third-order valence-corrected chi connectivity index (χ3v) is 5.97. The Hall–Kier alpha value is -3.35. The van der Waals surface area contributed by atoms with E-state index in [9.17, 15) is 14.4 Å². The van der Waals surface area contributed by atoms with Crippen LogP contribution in [0, 0.1) is 13.8 Å². The fraction of sp³-hybridized carbons (Fsp3) is 0.516. The summed E-state index contributed by atoms with van der Waals surface area (Å²) in [6.45, 7) is 14.2. The Balaban J connectivity index is 2.52. The van der Waals surface area contributed by atoms with E-state index in [2.05, 4.69) is 17.6 Å². The maximum atomic E-state index is 14.2. The highest BCUT2D eigenvalue weighted by molar-refractivity contribution is 5.92. The first-order valence-electron chi connectivity index (χ1n) is 13.6. The molecule has 0 heterocycles. The van der Waals surface area contributed by atoms with Crippen molar-refractivity contribution in [2.75, 3.05) is 13.1 Å².